The number of ether oxygens (including phenoxy) is 1. The SMILES string of the molecule is CCOc1ccccc1C(=O)N1CCC(C(N)=NO)CC1. The van der Waals surface area contributed by atoms with Crippen LogP contribution in [-0.2, 0) is 0 Å². The van der Waals surface area contributed by atoms with E-state index in [-0.39, 0.29) is 17.7 Å². The molecular weight excluding hydrogens is 270 g/mol. The van der Waals surface area contributed by atoms with E-state index in [2.05, 4.69) is 5.16 Å². The van der Waals surface area contributed by atoms with Crippen LogP contribution >= 0.6 is 0 Å². The van der Waals surface area contributed by atoms with Gasteiger partial charge in [0.05, 0.1) is 12.2 Å². The highest BCUT2D eigenvalue weighted by molar-refractivity contribution is 5.97. The Labute approximate surface area is 124 Å². The highest BCUT2D eigenvalue weighted by Gasteiger charge is 2.27. The fourth-order valence-electron chi connectivity index (χ4n) is 2.56. The molecule has 0 aromatic heterocycles. The highest BCUT2D eigenvalue weighted by atomic mass is 16.5. The van der Waals surface area contributed by atoms with E-state index in [4.69, 9.17) is 15.7 Å². The number of rotatable bonds is 4. The second-order valence-electron chi connectivity index (χ2n) is 5.02. The summed E-state index contributed by atoms with van der Waals surface area (Å²) in [7, 11) is 0. The molecule has 2 rings (SSSR count). The molecule has 1 aliphatic rings. The third-order valence-electron chi connectivity index (χ3n) is 3.73. The maximum absolute atomic E-state index is 12.6. The van der Waals surface area contributed by atoms with E-state index in [1.54, 1.807) is 17.0 Å². The molecule has 6 nitrogen and oxygen atoms in total. The van der Waals surface area contributed by atoms with Gasteiger partial charge in [0.2, 0.25) is 0 Å². The molecule has 1 fully saturated rings. The Morgan fingerprint density at radius 3 is 2.71 bits per heavy atom. The van der Waals surface area contributed by atoms with Gasteiger partial charge in [-0.2, -0.15) is 0 Å². The zero-order valence-electron chi connectivity index (χ0n) is 12.2. The number of oxime groups is 1. The van der Waals surface area contributed by atoms with Crippen LogP contribution < -0.4 is 10.5 Å². The maximum atomic E-state index is 12.6. The Morgan fingerprint density at radius 1 is 1.43 bits per heavy atom. The van der Waals surface area contributed by atoms with Crippen molar-refractivity contribution in [1.29, 1.82) is 0 Å². The van der Waals surface area contributed by atoms with Gasteiger partial charge in [0, 0.05) is 19.0 Å². The first kappa shape index (κ1) is 15.2. The summed E-state index contributed by atoms with van der Waals surface area (Å²) in [5.74, 6) is 0.874. The number of carbonyl (C=O) groups is 1. The minimum absolute atomic E-state index is 0.0305. The molecule has 1 amide bonds. The van der Waals surface area contributed by atoms with Crippen molar-refractivity contribution >= 4 is 11.7 Å². The largest absolute Gasteiger partial charge is 0.493 e. The molecule has 21 heavy (non-hydrogen) atoms. The summed E-state index contributed by atoms with van der Waals surface area (Å²) in [5.41, 5.74) is 6.21. The van der Waals surface area contributed by atoms with Crippen molar-refractivity contribution in [3.63, 3.8) is 0 Å². The Kier molecular flexibility index (Phi) is 5.03. The van der Waals surface area contributed by atoms with E-state index in [0.29, 0.717) is 43.9 Å². The summed E-state index contributed by atoms with van der Waals surface area (Å²) >= 11 is 0. The summed E-state index contributed by atoms with van der Waals surface area (Å²) < 4.78 is 5.51. The average Bonchev–Trinajstić information content (AvgIpc) is 2.54. The van der Waals surface area contributed by atoms with Crippen LogP contribution in [0.4, 0.5) is 0 Å². The normalized spacial score (nSPS) is 16.8. The number of amides is 1. The minimum Gasteiger partial charge on any atom is -0.493 e. The van der Waals surface area contributed by atoms with Crippen molar-refractivity contribution < 1.29 is 14.7 Å². The first-order chi connectivity index (χ1) is 10.2. The third-order valence-corrected chi connectivity index (χ3v) is 3.73. The topological polar surface area (TPSA) is 88.2 Å². The molecule has 3 N–H and O–H groups in total. The van der Waals surface area contributed by atoms with Crippen molar-refractivity contribution in [2.75, 3.05) is 19.7 Å². The summed E-state index contributed by atoms with van der Waals surface area (Å²) in [5, 5.41) is 11.8. The minimum atomic E-state index is -0.0305. The van der Waals surface area contributed by atoms with Crippen LogP contribution in [0.5, 0.6) is 5.75 Å². The number of piperidine rings is 1. The second-order valence-corrected chi connectivity index (χ2v) is 5.02. The molecule has 0 atom stereocenters. The third kappa shape index (κ3) is 3.45. The van der Waals surface area contributed by atoms with Gasteiger partial charge in [-0.1, -0.05) is 17.3 Å². The number of benzene rings is 1. The first-order valence-electron chi connectivity index (χ1n) is 7.15. The molecule has 1 aromatic rings. The highest BCUT2D eigenvalue weighted by Crippen LogP contribution is 2.23. The molecule has 1 aromatic carbocycles. The zero-order chi connectivity index (χ0) is 15.2. The fourth-order valence-corrected chi connectivity index (χ4v) is 2.56. The number of carbonyl (C=O) groups excluding carboxylic acids is 1. The van der Waals surface area contributed by atoms with Crippen molar-refractivity contribution in [3.05, 3.63) is 29.8 Å². The number of likely N-dealkylation sites (tertiary alicyclic amines) is 1. The van der Waals surface area contributed by atoms with Crippen LogP contribution in [0.3, 0.4) is 0 Å². The molecule has 1 saturated heterocycles. The molecule has 114 valence electrons. The predicted octanol–water partition coefficient (Wildman–Crippen LogP) is 1.68. The van der Waals surface area contributed by atoms with Gasteiger partial charge in [-0.05, 0) is 31.9 Å². The average molecular weight is 291 g/mol. The van der Waals surface area contributed by atoms with E-state index in [1.807, 2.05) is 19.1 Å². The molecular formula is C15H21N3O3. The lowest BCUT2D eigenvalue weighted by atomic mass is 9.95. The second kappa shape index (κ2) is 6.97. The number of nitrogens with two attached hydrogens (primary N) is 1. The van der Waals surface area contributed by atoms with E-state index in [1.165, 1.54) is 0 Å². The standard InChI is InChI=1S/C15H21N3O3/c1-2-21-13-6-4-3-5-12(13)15(19)18-9-7-11(8-10-18)14(16)17-20/h3-6,11,20H,2,7-10H2,1H3,(H2,16,17). The molecule has 0 saturated carbocycles. The zero-order valence-corrected chi connectivity index (χ0v) is 12.2. The van der Waals surface area contributed by atoms with Crippen molar-refractivity contribution in [2.45, 2.75) is 19.8 Å². The lowest BCUT2D eigenvalue weighted by Crippen LogP contribution is -2.41. The maximum Gasteiger partial charge on any atom is 0.257 e. The van der Waals surface area contributed by atoms with E-state index >= 15 is 0 Å². The molecule has 0 bridgehead atoms. The molecule has 1 aliphatic heterocycles. The van der Waals surface area contributed by atoms with Crippen LogP contribution in [0.15, 0.2) is 29.4 Å². The number of hydrogen-bond donors (Lipinski definition) is 2. The number of hydrogen-bond acceptors (Lipinski definition) is 4. The Balaban J connectivity index is 2.05. The van der Waals surface area contributed by atoms with Gasteiger partial charge in [-0.15, -0.1) is 0 Å². The van der Waals surface area contributed by atoms with Crippen molar-refractivity contribution in [3.8, 4) is 5.75 Å². The van der Waals surface area contributed by atoms with Gasteiger partial charge in [-0.3, -0.25) is 4.79 Å². The summed E-state index contributed by atoms with van der Waals surface area (Å²) in [4.78, 5) is 14.4. The molecule has 0 spiro atoms. The lowest BCUT2D eigenvalue weighted by Gasteiger charge is -2.31. The van der Waals surface area contributed by atoms with E-state index in [9.17, 15) is 4.79 Å². The van der Waals surface area contributed by atoms with Crippen LogP contribution in [0.25, 0.3) is 0 Å². The summed E-state index contributed by atoms with van der Waals surface area (Å²) in [6.07, 6.45) is 1.41. The molecule has 1 heterocycles. The fraction of sp³-hybridized carbons (Fsp3) is 0.467. The van der Waals surface area contributed by atoms with E-state index in [0.717, 1.165) is 0 Å². The number of amidine groups is 1. The van der Waals surface area contributed by atoms with E-state index < -0.39 is 0 Å². The van der Waals surface area contributed by atoms with Gasteiger partial charge >= 0.3 is 0 Å². The monoisotopic (exact) mass is 291 g/mol. The molecule has 6 heteroatoms. The van der Waals surface area contributed by atoms with Crippen molar-refractivity contribution in [2.24, 2.45) is 16.8 Å². The Morgan fingerprint density at radius 2 is 2.10 bits per heavy atom. The van der Waals surface area contributed by atoms with Crippen LogP contribution in [-0.4, -0.2) is 41.5 Å². The molecule has 0 radical (unpaired) electrons. The Hall–Kier alpha value is -2.24. The van der Waals surface area contributed by atoms with Crippen molar-refractivity contribution in [1.82, 2.24) is 4.90 Å². The van der Waals surface area contributed by atoms with Crippen LogP contribution in [0, 0.1) is 5.92 Å². The van der Waals surface area contributed by atoms with Gasteiger partial charge in [0.25, 0.3) is 5.91 Å². The predicted molar refractivity (Wildman–Crippen MR) is 79.6 cm³/mol. The van der Waals surface area contributed by atoms with Crippen LogP contribution in [0.2, 0.25) is 0 Å². The summed E-state index contributed by atoms with van der Waals surface area (Å²) in [6.45, 7) is 3.61. The Bertz CT molecular complexity index is 523. The van der Waals surface area contributed by atoms with Gasteiger partial charge in [0.15, 0.2) is 0 Å². The quantitative estimate of drug-likeness (QED) is 0.382. The number of para-hydroxylation sites is 1. The molecule has 0 aliphatic carbocycles. The molecule has 0 unspecified atom stereocenters. The number of nitrogens with zero attached hydrogens (tertiary/aromatic N) is 2. The van der Waals surface area contributed by atoms with Gasteiger partial charge in [0.1, 0.15) is 11.6 Å². The van der Waals surface area contributed by atoms with Gasteiger partial charge < -0.3 is 20.6 Å². The van der Waals surface area contributed by atoms with Crippen LogP contribution in [0.1, 0.15) is 30.1 Å². The van der Waals surface area contributed by atoms with Gasteiger partial charge in [-0.25, -0.2) is 0 Å². The summed E-state index contributed by atoms with van der Waals surface area (Å²) in [6, 6.07) is 7.27. The lowest BCUT2D eigenvalue weighted by molar-refractivity contribution is 0.0705. The smallest absolute Gasteiger partial charge is 0.257 e. The first-order valence-corrected chi connectivity index (χ1v) is 7.15.